The van der Waals surface area contributed by atoms with E-state index >= 15 is 0 Å². The van der Waals surface area contributed by atoms with Gasteiger partial charge in [0.1, 0.15) is 0 Å². The van der Waals surface area contributed by atoms with Crippen LogP contribution in [0.5, 0.6) is 0 Å². The van der Waals surface area contributed by atoms with Crippen molar-refractivity contribution in [2.24, 2.45) is 0 Å². The fraction of sp³-hybridized carbons (Fsp3) is 0. The minimum absolute atomic E-state index is 0. The standard InChI is InChI=1S/Fe.3H3N.3H2O4S/c;;;;3*1-5(2,3)4/h;3*1H3;3*(H2,1,2,3,4)/q+3;;;;;;/p-3. The van der Waals surface area contributed by atoms with Gasteiger partial charge in [0.2, 0.25) is 0 Å². The van der Waals surface area contributed by atoms with Crippen LogP contribution in [0.2, 0.25) is 0 Å². The summed E-state index contributed by atoms with van der Waals surface area (Å²) in [5.74, 6) is 0. The van der Waals surface area contributed by atoms with Gasteiger partial charge >= 0.3 is 17.1 Å². The summed E-state index contributed by atoms with van der Waals surface area (Å²) in [7, 11) is -15.5. The maximum atomic E-state index is 8.52. The third-order valence-electron chi connectivity index (χ3n) is 0. The van der Waals surface area contributed by atoms with E-state index < -0.39 is 31.2 Å². The molecule has 0 aromatic rings. The molecule has 125 valence electrons. The topological polar surface area (TPSA) is 350 Å². The minimum Gasteiger partial charge on any atom is -0.759 e. The van der Waals surface area contributed by atoms with Gasteiger partial charge in [-0.2, -0.15) is 0 Å². The van der Waals surface area contributed by atoms with Gasteiger partial charge in [-0.3, -0.25) is 25.3 Å². The van der Waals surface area contributed by atoms with Crippen molar-refractivity contribution in [3.8, 4) is 0 Å². The average Bonchev–Trinajstić information content (AvgIpc) is 1.41. The first kappa shape index (κ1) is 42.7. The van der Waals surface area contributed by atoms with Gasteiger partial charge in [0.05, 0.1) is 0 Å². The molecular weight excluding hydrogens is 386 g/mol. The third kappa shape index (κ3) is 51400000. The molecule has 0 saturated carbocycles. The van der Waals surface area contributed by atoms with Gasteiger partial charge in [-0.1, -0.05) is 0 Å². The van der Waals surface area contributed by atoms with Gasteiger partial charge in [0.25, 0.3) is 0 Å². The van der Waals surface area contributed by atoms with Crippen LogP contribution >= 0.6 is 0 Å². The SMILES string of the molecule is O=S(=O)([O-])[O-].O=S(=O)([O-])[O-].O=S(=O)([O-])[O-].[Fe+3].[NH4+].[NH4+].[NH4+]. The van der Waals surface area contributed by atoms with Crippen molar-refractivity contribution in [1.82, 2.24) is 18.5 Å². The van der Waals surface area contributed by atoms with Crippen LogP contribution < -0.4 is 18.5 Å². The first-order valence-electron chi connectivity index (χ1n) is 2.00. The molecule has 0 heterocycles. The molecule has 0 aliphatic heterocycles. The second-order valence-corrected chi connectivity index (χ2v) is 3.67. The van der Waals surface area contributed by atoms with E-state index in [9.17, 15) is 0 Å². The number of quaternary nitrogens is 3. The fourth-order valence-electron chi connectivity index (χ4n) is 0. The zero-order valence-electron chi connectivity index (χ0n) is 9.48. The summed E-state index contributed by atoms with van der Waals surface area (Å²) in [4.78, 5) is 0. The summed E-state index contributed by atoms with van der Waals surface area (Å²) < 4.78 is 102. The van der Waals surface area contributed by atoms with E-state index in [-0.39, 0.29) is 35.5 Å². The van der Waals surface area contributed by atoms with Gasteiger partial charge in [0.15, 0.2) is 0 Å². The van der Waals surface area contributed by atoms with Crippen molar-refractivity contribution in [1.29, 1.82) is 0 Å². The van der Waals surface area contributed by atoms with Crippen LogP contribution in [-0.4, -0.2) is 52.6 Å². The molecule has 0 spiro atoms. The fourth-order valence-corrected chi connectivity index (χ4v) is 0. The number of hydrogen-bond donors (Lipinski definition) is 3. The molecule has 0 amide bonds. The van der Waals surface area contributed by atoms with E-state index in [4.69, 9.17) is 52.6 Å². The number of hydrogen-bond acceptors (Lipinski definition) is 12. The Kier molecular flexibility index (Phi) is 36.1. The van der Waals surface area contributed by atoms with Gasteiger partial charge in [-0.25, -0.2) is 0 Å². The molecule has 12 N–H and O–H groups in total. The largest absolute Gasteiger partial charge is 3.00 e. The maximum Gasteiger partial charge on any atom is 3.00 e. The Hall–Kier alpha value is 0.00948. The van der Waals surface area contributed by atoms with Gasteiger partial charge in [-0.15, -0.1) is 0 Å². The smallest absolute Gasteiger partial charge is 0.759 e. The summed E-state index contributed by atoms with van der Waals surface area (Å²) in [6, 6.07) is 0. The third-order valence-corrected chi connectivity index (χ3v) is 0. The zero-order chi connectivity index (χ0) is 13.5. The summed E-state index contributed by atoms with van der Waals surface area (Å²) in [6.45, 7) is 0. The molecule has 0 atom stereocenters. The van der Waals surface area contributed by atoms with Crippen molar-refractivity contribution < 1.29 is 69.6 Å². The predicted molar refractivity (Wildman–Crippen MR) is 49.4 cm³/mol. The minimum atomic E-state index is -5.17. The molecule has 0 aromatic heterocycles. The zero-order valence-corrected chi connectivity index (χ0v) is 13.0. The Balaban J connectivity index is -0.0000000206. The molecule has 19 heavy (non-hydrogen) atoms. The van der Waals surface area contributed by atoms with Crippen molar-refractivity contribution in [3.05, 3.63) is 0 Å². The van der Waals surface area contributed by atoms with Crippen LogP contribution in [0.1, 0.15) is 0 Å². The Bertz CT molecular complexity index is 349. The first-order valence-corrected chi connectivity index (χ1v) is 6.00. The molecule has 0 bridgehead atoms. The summed E-state index contributed by atoms with van der Waals surface area (Å²) in [5.41, 5.74) is 0. The molecule has 1 radical (unpaired) electrons. The number of rotatable bonds is 0. The van der Waals surface area contributed by atoms with Crippen LogP contribution in [0.25, 0.3) is 0 Å². The van der Waals surface area contributed by atoms with E-state index in [0.29, 0.717) is 0 Å². The van der Waals surface area contributed by atoms with Crippen LogP contribution in [0.4, 0.5) is 0 Å². The predicted octanol–water partition coefficient (Wildman–Crippen LogP) is -2.89. The summed E-state index contributed by atoms with van der Waals surface area (Å²) in [6.07, 6.45) is 0. The van der Waals surface area contributed by atoms with Crippen molar-refractivity contribution in [2.45, 2.75) is 0 Å². The molecule has 0 fully saturated rings. The summed E-state index contributed by atoms with van der Waals surface area (Å²) in [5, 5.41) is 0. The second-order valence-electron chi connectivity index (χ2n) is 1.22. The van der Waals surface area contributed by atoms with Crippen molar-refractivity contribution in [3.63, 3.8) is 0 Å². The Morgan fingerprint density at radius 2 is 0.421 bits per heavy atom. The molecule has 0 saturated heterocycles. The van der Waals surface area contributed by atoms with Crippen LogP contribution in [0.15, 0.2) is 0 Å². The van der Waals surface area contributed by atoms with Crippen molar-refractivity contribution >= 4 is 31.2 Å². The van der Waals surface area contributed by atoms with Gasteiger partial charge < -0.3 is 45.8 Å². The van der Waals surface area contributed by atoms with E-state index in [2.05, 4.69) is 0 Å². The first-order chi connectivity index (χ1) is 6.00. The molecule has 0 aliphatic carbocycles. The normalized spacial score (nSPS) is 9.16. The van der Waals surface area contributed by atoms with Crippen LogP contribution in [0.3, 0.4) is 0 Å². The quantitative estimate of drug-likeness (QED) is 0.210. The molecule has 19 heteroatoms. The molecule has 15 nitrogen and oxygen atoms in total. The van der Waals surface area contributed by atoms with Crippen LogP contribution in [-0.2, 0) is 48.3 Å². The van der Waals surface area contributed by atoms with E-state index in [1.807, 2.05) is 0 Å². The van der Waals surface area contributed by atoms with Gasteiger partial charge in [0, 0.05) is 31.2 Å². The Labute approximate surface area is 119 Å². The van der Waals surface area contributed by atoms with Gasteiger partial charge in [-0.05, 0) is 0 Å². The molecule has 0 rings (SSSR count). The van der Waals surface area contributed by atoms with E-state index in [1.54, 1.807) is 0 Å². The maximum absolute atomic E-state index is 8.52. The van der Waals surface area contributed by atoms with Crippen molar-refractivity contribution in [2.75, 3.05) is 0 Å². The second kappa shape index (κ2) is 16.1. The summed E-state index contributed by atoms with van der Waals surface area (Å²) >= 11 is 0. The van der Waals surface area contributed by atoms with E-state index in [1.165, 1.54) is 0 Å². The molecular formula is H12FeN3O12S3. The molecule has 0 aromatic carbocycles. The Morgan fingerprint density at radius 3 is 0.421 bits per heavy atom. The monoisotopic (exact) mass is 398 g/mol. The van der Waals surface area contributed by atoms with E-state index in [0.717, 1.165) is 0 Å². The van der Waals surface area contributed by atoms with Crippen LogP contribution in [0, 0.1) is 0 Å². The molecule has 0 unspecified atom stereocenters. The molecule has 0 aliphatic rings. The average molecular weight is 398 g/mol. The Morgan fingerprint density at radius 1 is 0.421 bits per heavy atom.